The Hall–Kier alpha value is -1.80. The van der Waals surface area contributed by atoms with Crippen LogP contribution in [0.3, 0.4) is 0 Å². The Morgan fingerprint density at radius 2 is 1.67 bits per heavy atom. The molecule has 0 spiro atoms. The van der Waals surface area contributed by atoms with E-state index < -0.39 is 0 Å². The predicted octanol–water partition coefficient (Wildman–Crippen LogP) is 4.04. The predicted molar refractivity (Wildman–Crippen MR) is 91.9 cm³/mol. The number of anilines is 1. The third-order valence-electron chi connectivity index (χ3n) is 3.92. The molecule has 2 rings (SSSR count). The van der Waals surface area contributed by atoms with Gasteiger partial charge < -0.3 is 10.2 Å². The third-order valence-corrected chi connectivity index (χ3v) is 3.92. The van der Waals surface area contributed by atoms with Gasteiger partial charge in [0.15, 0.2) is 0 Å². The first-order valence-electron chi connectivity index (χ1n) is 7.79. The second kappa shape index (κ2) is 7.84. The molecule has 21 heavy (non-hydrogen) atoms. The minimum Gasteiger partial charge on any atom is -0.374 e. The maximum Gasteiger partial charge on any atom is 0.0363 e. The molecule has 0 aliphatic carbocycles. The monoisotopic (exact) mass is 282 g/mol. The molecule has 0 radical (unpaired) electrons. The molecule has 0 saturated heterocycles. The summed E-state index contributed by atoms with van der Waals surface area (Å²) in [5, 5.41) is 3.44. The van der Waals surface area contributed by atoms with Gasteiger partial charge in [-0.2, -0.15) is 0 Å². The van der Waals surface area contributed by atoms with E-state index in [0.717, 1.165) is 19.5 Å². The van der Waals surface area contributed by atoms with E-state index in [0.29, 0.717) is 6.04 Å². The van der Waals surface area contributed by atoms with E-state index in [1.807, 2.05) is 0 Å². The summed E-state index contributed by atoms with van der Waals surface area (Å²) in [5.41, 5.74) is 4.01. The largest absolute Gasteiger partial charge is 0.374 e. The van der Waals surface area contributed by atoms with Crippen molar-refractivity contribution in [2.75, 3.05) is 25.0 Å². The number of rotatable bonds is 7. The lowest BCUT2D eigenvalue weighted by atomic mass is 10.1. The molecule has 2 nitrogen and oxygen atoms in total. The van der Waals surface area contributed by atoms with Crippen molar-refractivity contribution in [2.45, 2.75) is 26.3 Å². The van der Waals surface area contributed by atoms with Crippen LogP contribution in [0, 0.1) is 0 Å². The number of hydrogen-bond acceptors (Lipinski definition) is 2. The van der Waals surface area contributed by atoms with Crippen LogP contribution in [0.15, 0.2) is 54.6 Å². The van der Waals surface area contributed by atoms with Crippen LogP contribution in [0.2, 0.25) is 0 Å². The summed E-state index contributed by atoms with van der Waals surface area (Å²) in [7, 11) is 2.16. The van der Waals surface area contributed by atoms with Crippen LogP contribution in [-0.4, -0.2) is 20.1 Å². The van der Waals surface area contributed by atoms with Gasteiger partial charge in [0, 0.05) is 25.3 Å². The molecule has 2 heteroatoms. The fourth-order valence-electron chi connectivity index (χ4n) is 2.51. The maximum absolute atomic E-state index is 3.44. The fraction of sp³-hybridized carbons (Fsp3) is 0.368. The quantitative estimate of drug-likeness (QED) is 0.824. The summed E-state index contributed by atoms with van der Waals surface area (Å²) < 4.78 is 0. The second-order valence-electron chi connectivity index (χ2n) is 5.53. The fourth-order valence-corrected chi connectivity index (χ4v) is 2.51. The van der Waals surface area contributed by atoms with Crippen molar-refractivity contribution in [1.82, 2.24) is 5.32 Å². The Morgan fingerprint density at radius 1 is 1.00 bits per heavy atom. The molecule has 0 amide bonds. The minimum atomic E-state index is 0.415. The van der Waals surface area contributed by atoms with Crippen LogP contribution in [0.4, 0.5) is 5.69 Å². The van der Waals surface area contributed by atoms with Gasteiger partial charge >= 0.3 is 0 Å². The van der Waals surface area contributed by atoms with Crippen LogP contribution in [0.1, 0.15) is 31.0 Å². The molecule has 2 aromatic rings. The highest BCUT2D eigenvalue weighted by Gasteiger charge is 2.05. The van der Waals surface area contributed by atoms with E-state index in [1.165, 1.54) is 16.8 Å². The highest BCUT2D eigenvalue weighted by molar-refractivity contribution is 5.47. The minimum absolute atomic E-state index is 0.415. The Kier molecular flexibility index (Phi) is 5.82. The normalized spacial score (nSPS) is 12.1. The van der Waals surface area contributed by atoms with Crippen molar-refractivity contribution in [3.05, 3.63) is 65.7 Å². The number of benzene rings is 2. The van der Waals surface area contributed by atoms with E-state index in [4.69, 9.17) is 0 Å². The molecule has 0 aliphatic heterocycles. The molecule has 0 heterocycles. The van der Waals surface area contributed by atoms with Crippen LogP contribution in [0.25, 0.3) is 0 Å². The van der Waals surface area contributed by atoms with Gasteiger partial charge in [-0.25, -0.2) is 0 Å². The van der Waals surface area contributed by atoms with Crippen molar-refractivity contribution in [1.29, 1.82) is 0 Å². The molecule has 1 atom stereocenters. The summed E-state index contributed by atoms with van der Waals surface area (Å²) in [6.07, 6.45) is 1.08. The van der Waals surface area contributed by atoms with Crippen molar-refractivity contribution >= 4 is 5.69 Å². The zero-order valence-electron chi connectivity index (χ0n) is 13.3. The average Bonchev–Trinajstić information content (AvgIpc) is 2.54. The van der Waals surface area contributed by atoms with Gasteiger partial charge in [0.2, 0.25) is 0 Å². The second-order valence-corrected chi connectivity index (χ2v) is 5.53. The maximum atomic E-state index is 3.44. The molecule has 0 saturated carbocycles. The van der Waals surface area contributed by atoms with Gasteiger partial charge in [-0.15, -0.1) is 0 Å². The Balaban J connectivity index is 1.92. The zero-order valence-corrected chi connectivity index (χ0v) is 13.3. The van der Waals surface area contributed by atoms with E-state index in [-0.39, 0.29) is 0 Å². The molecule has 1 N–H and O–H groups in total. The van der Waals surface area contributed by atoms with Crippen LogP contribution < -0.4 is 10.2 Å². The summed E-state index contributed by atoms with van der Waals surface area (Å²) in [5.74, 6) is 0. The number of nitrogens with one attached hydrogen (secondary N) is 1. The number of hydrogen-bond donors (Lipinski definition) is 1. The lowest BCUT2D eigenvalue weighted by Gasteiger charge is -2.20. The molecule has 2 aromatic carbocycles. The standard InChI is InChI=1S/C19H26N2/c1-4-20-16(2)18-10-12-19(13-11-18)21(3)15-14-17-8-6-5-7-9-17/h5-13,16,20H,4,14-15H2,1-3H3. The van der Waals surface area contributed by atoms with E-state index in [2.05, 4.69) is 85.7 Å². The molecule has 112 valence electrons. The average molecular weight is 282 g/mol. The van der Waals surface area contributed by atoms with Crippen LogP contribution in [-0.2, 0) is 6.42 Å². The van der Waals surface area contributed by atoms with Crippen molar-refractivity contribution in [3.8, 4) is 0 Å². The van der Waals surface area contributed by atoms with Gasteiger partial charge in [0.25, 0.3) is 0 Å². The van der Waals surface area contributed by atoms with Gasteiger partial charge in [-0.05, 0) is 43.1 Å². The van der Waals surface area contributed by atoms with Crippen LogP contribution in [0.5, 0.6) is 0 Å². The van der Waals surface area contributed by atoms with Gasteiger partial charge in [-0.1, -0.05) is 49.4 Å². The lowest BCUT2D eigenvalue weighted by Crippen LogP contribution is -2.21. The van der Waals surface area contributed by atoms with Gasteiger partial charge in [0.1, 0.15) is 0 Å². The molecule has 0 aromatic heterocycles. The SMILES string of the molecule is CCNC(C)c1ccc(N(C)CCc2ccccc2)cc1. The zero-order chi connectivity index (χ0) is 15.1. The first-order valence-corrected chi connectivity index (χ1v) is 7.79. The Bertz CT molecular complexity index is 519. The molecular weight excluding hydrogens is 256 g/mol. The first kappa shape index (κ1) is 15.6. The molecule has 1 unspecified atom stereocenters. The number of likely N-dealkylation sites (N-methyl/N-ethyl adjacent to an activating group) is 1. The highest BCUT2D eigenvalue weighted by atomic mass is 15.1. The van der Waals surface area contributed by atoms with Gasteiger partial charge in [0.05, 0.1) is 0 Å². The topological polar surface area (TPSA) is 15.3 Å². The molecular formula is C19H26N2. The molecule has 0 fully saturated rings. The smallest absolute Gasteiger partial charge is 0.0363 e. The Labute approximate surface area is 128 Å². The first-order chi connectivity index (χ1) is 10.2. The highest BCUT2D eigenvalue weighted by Crippen LogP contribution is 2.18. The van der Waals surface area contributed by atoms with E-state index >= 15 is 0 Å². The molecule has 0 bridgehead atoms. The lowest BCUT2D eigenvalue weighted by molar-refractivity contribution is 0.598. The third kappa shape index (κ3) is 4.61. The number of nitrogens with zero attached hydrogens (tertiary/aromatic N) is 1. The van der Waals surface area contributed by atoms with E-state index in [9.17, 15) is 0 Å². The summed E-state index contributed by atoms with van der Waals surface area (Å²) in [4.78, 5) is 2.31. The summed E-state index contributed by atoms with van der Waals surface area (Å²) >= 11 is 0. The molecule has 0 aliphatic rings. The Morgan fingerprint density at radius 3 is 2.29 bits per heavy atom. The van der Waals surface area contributed by atoms with Crippen LogP contribution >= 0.6 is 0 Å². The van der Waals surface area contributed by atoms with Crippen molar-refractivity contribution < 1.29 is 0 Å². The van der Waals surface area contributed by atoms with Gasteiger partial charge in [-0.3, -0.25) is 0 Å². The van der Waals surface area contributed by atoms with E-state index in [1.54, 1.807) is 0 Å². The van der Waals surface area contributed by atoms with Crippen molar-refractivity contribution in [3.63, 3.8) is 0 Å². The summed E-state index contributed by atoms with van der Waals surface area (Å²) in [6.45, 7) is 6.38. The van der Waals surface area contributed by atoms with Crippen molar-refractivity contribution in [2.24, 2.45) is 0 Å². The summed E-state index contributed by atoms with van der Waals surface area (Å²) in [6, 6.07) is 19.9.